The molecule has 1 rings (SSSR count). The summed E-state index contributed by atoms with van der Waals surface area (Å²) in [5, 5.41) is 9.46. The van der Waals surface area contributed by atoms with Crippen LogP contribution in [-0.2, 0) is 6.42 Å². The predicted octanol–water partition coefficient (Wildman–Crippen LogP) is 0.935. The standard InChI is InChI=1S/C7H11F3N4O/c8-7(9,10)2-4-12-6-14-13-5(15-6)1-3-11/h1-4,11H2,(H,12,14). The van der Waals surface area contributed by atoms with Crippen molar-refractivity contribution in [3.63, 3.8) is 0 Å². The minimum Gasteiger partial charge on any atom is -0.408 e. The fourth-order valence-electron chi connectivity index (χ4n) is 0.861. The molecular formula is C7H11F3N4O. The van der Waals surface area contributed by atoms with Crippen LogP contribution in [0.4, 0.5) is 19.2 Å². The zero-order valence-electron chi connectivity index (χ0n) is 7.84. The number of nitrogens with zero attached hydrogens (tertiary/aromatic N) is 2. The van der Waals surface area contributed by atoms with Crippen molar-refractivity contribution in [1.29, 1.82) is 0 Å². The quantitative estimate of drug-likeness (QED) is 0.778. The molecule has 86 valence electrons. The Morgan fingerprint density at radius 3 is 2.67 bits per heavy atom. The number of hydrogen-bond acceptors (Lipinski definition) is 5. The molecule has 5 nitrogen and oxygen atoms in total. The molecule has 1 aromatic heterocycles. The molecule has 0 amide bonds. The third-order valence-electron chi connectivity index (χ3n) is 1.51. The number of anilines is 1. The average molecular weight is 224 g/mol. The van der Waals surface area contributed by atoms with E-state index in [9.17, 15) is 13.2 Å². The van der Waals surface area contributed by atoms with E-state index in [-0.39, 0.29) is 12.6 Å². The summed E-state index contributed by atoms with van der Waals surface area (Å²) in [6, 6.07) is -0.0114. The highest BCUT2D eigenvalue weighted by molar-refractivity contribution is 5.16. The van der Waals surface area contributed by atoms with Gasteiger partial charge >= 0.3 is 12.2 Å². The van der Waals surface area contributed by atoms with Crippen molar-refractivity contribution in [3.05, 3.63) is 5.89 Å². The van der Waals surface area contributed by atoms with Gasteiger partial charge in [0, 0.05) is 19.5 Å². The summed E-state index contributed by atoms with van der Waals surface area (Å²) in [5.74, 6) is 0.312. The highest BCUT2D eigenvalue weighted by Gasteiger charge is 2.26. The highest BCUT2D eigenvalue weighted by Crippen LogP contribution is 2.19. The van der Waals surface area contributed by atoms with Crippen LogP contribution in [-0.4, -0.2) is 29.5 Å². The molecule has 0 saturated heterocycles. The predicted molar refractivity (Wildman–Crippen MR) is 46.2 cm³/mol. The summed E-state index contributed by atoms with van der Waals surface area (Å²) in [4.78, 5) is 0. The second-order valence-electron chi connectivity index (χ2n) is 2.83. The van der Waals surface area contributed by atoms with Gasteiger partial charge in [-0.3, -0.25) is 0 Å². The number of nitrogens with one attached hydrogen (secondary N) is 1. The Morgan fingerprint density at radius 2 is 2.07 bits per heavy atom. The first kappa shape index (κ1) is 11.8. The second-order valence-corrected chi connectivity index (χ2v) is 2.83. The van der Waals surface area contributed by atoms with Gasteiger partial charge in [0.1, 0.15) is 0 Å². The first-order valence-electron chi connectivity index (χ1n) is 4.34. The highest BCUT2D eigenvalue weighted by atomic mass is 19.4. The zero-order valence-corrected chi connectivity index (χ0v) is 7.84. The third-order valence-corrected chi connectivity index (χ3v) is 1.51. The SMILES string of the molecule is NCCc1nnc(NCCC(F)(F)F)o1. The normalized spacial score (nSPS) is 11.7. The van der Waals surface area contributed by atoms with Crippen LogP contribution in [0.5, 0.6) is 0 Å². The van der Waals surface area contributed by atoms with Gasteiger partial charge in [-0.25, -0.2) is 0 Å². The van der Waals surface area contributed by atoms with Crippen molar-refractivity contribution in [2.24, 2.45) is 5.73 Å². The van der Waals surface area contributed by atoms with Crippen molar-refractivity contribution in [3.8, 4) is 0 Å². The lowest BCUT2D eigenvalue weighted by molar-refractivity contribution is -0.131. The van der Waals surface area contributed by atoms with Crippen LogP contribution in [0.3, 0.4) is 0 Å². The fraction of sp³-hybridized carbons (Fsp3) is 0.714. The van der Waals surface area contributed by atoms with E-state index in [0.717, 1.165) is 0 Å². The van der Waals surface area contributed by atoms with Gasteiger partial charge in [0.2, 0.25) is 5.89 Å². The molecule has 0 fully saturated rings. The first-order valence-corrected chi connectivity index (χ1v) is 4.34. The molecular weight excluding hydrogens is 213 g/mol. The molecule has 0 aromatic carbocycles. The van der Waals surface area contributed by atoms with Crippen molar-refractivity contribution in [1.82, 2.24) is 10.2 Å². The molecule has 0 bridgehead atoms. The molecule has 0 aliphatic carbocycles. The number of alkyl halides is 3. The van der Waals surface area contributed by atoms with Gasteiger partial charge in [0.15, 0.2) is 0 Å². The van der Waals surface area contributed by atoms with Crippen molar-refractivity contribution in [2.75, 3.05) is 18.4 Å². The minimum atomic E-state index is -4.19. The lowest BCUT2D eigenvalue weighted by atomic mass is 10.4. The Morgan fingerprint density at radius 1 is 1.33 bits per heavy atom. The maximum absolute atomic E-state index is 11.8. The maximum Gasteiger partial charge on any atom is 0.390 e. The summed E-state index contributed by atoms with van der Waals surface area (Å²) in [6.45, 7) is 0.0674. The molecule has 8 heteroatoms. The van der Waals surface area contributed by atoms with E-state index < -0.39 is 12.6 Å². The molecule has 0 spiro atoms. The summed E-state index contributed by atoms with van der Waals surface area (Å²) in [6.07, 6.45) is -4.72. The molecule has 1 heterocycles. The topological polar surface area (TPSA) is 77.0 Å². The molecule has 3 N–H and O–H groups in total. The Balaban J connectivity index is 2.31. The number of halogens is 3. The lowest BCUT2D eigenvalue weighted by Gasteiger charge is -2.04. The van der Waals surface area contributed by atoms with Gasteiger partial charge in [0.05, 0.1) is 6.42 Å². The van der Waals surface area contributed by atoms with E-state index in [1.807, 2.05) is 0 Å². The van der Waals surface area contributed by atoms with E-state index in [2.05, 4.69) is 15.5 Å². The molecule has 1 aromatic rings. The molecule has 0 saturated carbocycles. The van der Waals surface area contributed by atoms with Gasteiger partial charge in [-0.05, 0) is 0 Å². The van der Waals surface area contributed by atoms with E-state index >= 15 is 0 Å². The van der Waals surface area contributed by atoms with Crippen LogP contribution in [0.1, 0.15) is 12.3 Å². The van der Waals surface area contributed by atoms with Crippen LogP contribution in [0.15, 0.2) is 4.42 Å². The molecule has 0 aliphatic heterocycles. The number of rotatable bonds is 5. The second kappa shape index (κ2) is 4.96. The van der Waals surface area contributed by atoms with Gasteiger partial charge in [0.25, 0.3) is 0 Å². The Hall–Kier alpha value is -1.31. The maximum atomic E-state index is 11.8. The number of aromatic nitrogens is 2. The Bertz CT molecular complexity index is 299. The molecule has 0 unspecified atom stereocenters. The van der Waals surface area contributed by atoms with Gasteiger partial charge < -0.3 is 15.5 Å². The number of hydrogen-bond donors (Lipinski definition) is 2. The fourth-order valence-corrected chi connectivity index (χ4v) is 0.861. The summed E-state index contributed by atoms with van der Waals surface area (Å²) in [7, 11) is 0. The minimum absolute atomic E-state index is 0.0114. The monoisotopic (exact) mass is 224 g/mol. The molecule has 0 atom stereocenters. The summed E-state index contributed by atoms with van der Waals surface area (Å²) < 4.78 is 40.2. The zero-order chi connectivity index (χ0) is 11.3. The Kier molecular flexibility index (Phi) is 3.89. The van der Waals surface area contributed by atoms with Crippen molar-refractivity contribution < 1.29 is 17.6 Å². The van der Waals surface area contributed by atoms with Crippen LogP contribution in [0, 0.1) is 0 Å². The van der Waals surface area contributed by atoms with E-state index in [0.29, 0.717) is 18.9 Å². The van der Waals surface area contributed by atoms with Gasteiger partial charge in [-0.15, -0.1) is 5.10 Å². The van der Waals surface area contributed by atoms with E-state index in [1.54, 1.807) is 0 Å². The van der Waals surface area contributed by atoms with Crippen LogP contribution in [0.2, 0.25) is 0 Å². The summed E-state index contributed by atoms with van der Waals surface area (Å²) >= 11 is 0. The van der Waals surface area contributed by atoms with Crippen molar-refractivity contribution >= 4 is 6.01 Å². The molecule has 0 aliphatic rings. The summed E-state index contributed by atoms with van der Waals surface area (Å²) in [5.41, 5.74) is 5.23. The Labute approximate surface area is 83.8 Å². The van der Waals surface area contributed by atoms with Gasteiger partial charge in [-0.2, -0.15) is 13.2 Å². The third kappa shape index (κ3) is 4.63. The van der Waals surface area contributed by atoms with E-state index in [1.165, 1.54) is 0 Å². The largest absolute Gasteiger partial charge is 0.408 e. The molecule has 0 radical (unpaired) electrons. The lowest BCUT2D eigenvalue weighted by Crippen LogP contribution is -2.14. The van der Waals surface area contributed by atoms with Crippen LogP contribution >= 0.6 is 0 Å². The van der Waals surface area contributed by atoms with Crippen molar-refractivity contribution in [2.45, 2.75) is 19.0 Å². The molecule has 15 heavy (non-hydrogen) atoms. The average Bonchev–Trinajstić information content (AvgIpc) is 2.51. The van der Waals surface area contributed by atoms with Crippen LogP contribution < -0.4 is 11.1 Å². The number of nitrogens with two attached hydrogens (primary N) is 1. The first-order chi connectivity index (χ1) is 7.01. The van der Waals surface area contributed by atoms with Crippen LogP contribution in [0.25, 0.3) is 0 Å². The smallest absolute Gasteiger partial charge is 0.390 e. The van der Waals surface area contributed by atoms with E-state index in [4.69, 9.17) is 10.2 Å². The van der Waals surface area contributed by atoms with Gasteiger partial charge in [-0.1, -0.05) is 5.10 Å².